The Labute approximate surface area is 169 Å². The zero-order chi connectivity index (χ0) is 19.5. The van der Waals surface area contributed by atoms with E-state index in [9.17, 15) is 9.59 Å². The highest BCUT2D eigenvalue weighted by Crippen LogP contribution is 2.25. The first-order valence-electron chi connectivity index (χ1n) is 9.74. The molecule has 0 aliphatic carbocycles. The minimum atomic E-state index is -0.157. The van der Waals surface area contributed by atoms with Gasteiger partial charge in [-0.1, -0.05) is 42.5 Å². The Morgan fingerprint density at radius 1 is 1.11 bits per heavy atom. The maximum Gasteiger partial charge on any atom is 0.254 e. The van der Waals surface area contributed by atoms with Crippen LogP contribution < -0.4 is 5.32 Å². The monoisotopic (exact) mass is 392 g/mol. The molecular weight excluding hydrogens is 368 g/mol. The topological polar surface area (TPSA) is 49.4 Å². The Bertz CT molecular complexity index is 978. The van der Waals surface area contributed by atoms with Gasteiger partial charge in [-0.05, 0) is 48.1 Å². The summed E-state index contributed by atoms with van der Waals surface area (Å²) in [7, 11) is 0. The van der Waals surface area contributed by atoms with Crippen molar-refractivity contribution in [3.05, 3.63) is 70.4 Å². The fraction of sp³-hybridized carbons (Fsp3) is 0.304. The van der Waals surface area contributed by atoms with E-state index in [1.807, 2.05) is 71.8 Å². The molecule has 1 saturated heterocycles. The number of hydrogen-bond donors (Lipinski definition) is 1. The molecular formula is C23H24N2O2S. The molecule has 28 heavy (non-hydrogen) atoms. The lowest BCUT2D eigenvalue weighted by atomic mass is 9.95. The number of amides is 2. The van der Waals surface area contributed by atoms with E-state index in [1.54, 1.807) is 11.3 Å². The van der Waals surface area contributed by atoms with Crippen molar-refractivity contribution in [1.29, 1.82) is 0 Å². The fourth-order valence-electron chi connectivity index (χ4n) is 3.90. The van der Waals surface area contributed by atoms with Crippen molar-refractivity contribution in [2.45, 2.75) is 25.8 Å². The lowest BCUT2D eigenvalue weighted by Crippen LogP contribution is -2.45. The summed E-state index contributed by atoms with van der Waals surface area (Å²) < 4.78 is 0. The fourth-order valence-corrected chi connectivity index (χ4v) is 4.63. The molecule has 144 valence electrons. The van der Waals surface area contributed by atoms with Gasteiger partial charge >= 0.3 is 0 Å². The highest BCUT2D eigenvalue weighted by molar-refractivity contribution is 7.10. The number of carbonyl (C=O) groups is 2. The Morgan fingerprint density at radius 2 is 1.93 bits per heavy atom. The zero-order valence-electron chi connectivity index (χ0n) is 15.9. The molecule has 0 bridgehead atoms. The van der Waals surface area contributed by atoms with Crippen molar-refractivity contribution in [2.24, 2.45) is 5.92 Å². The predicted octanol–water partition coefficient (Wildman–Crippen LogP) is 4.63. The van der Waals surface area contributed by atoms with Crippen LogP contribution in [-0.4, -0.2) is 29.8 Å². The van der Waals surface area contributed by atoms with Gasteiger partial charge in [-0.15, -0.1) is 11.3 Å². The van der Waals surface area contributed by atoms with Gasteiger partial charge < -0.3 is 10.2 Å². The van der Waals surface area contributed by atoms with Gasteiger partial charge in [0.05, 0.1) is 12.0 Å². The van der Waals surface area contributed by atoms with Crippen LogP contribution in [0, 0.1) is 5.92 Å². The van der Waals surface area contributed by atoms with Crippen molar-refractivity contribution < 1.29 is 9.59 Å². The summed E-state index contributed by atoms with van der Waals surface area (Å²) in [5.74, 6) is -0.105. The third-order valence-electron chi connectivity index (χ3n) is 5.43. The second-order valence-corrected chi connectivity index (χ2v) is 8.34. The molecule has 4 nitrogen and oxygen atoms in total. The van der Waals surface area contributed by atoms with Crippen molar-refractivity contribution in [1.82, 2.24) is 10.2 Å². The van der Waals surface area contributed by atoms with E-state index in [0.717, 1.165) is 28.5 Å². The Hall–Kier alpha value is -2.66. The maximum atomic E-state index is 13.2. The molecule has 1 aliphatic rings. The molecule has 2 heterocycles. The molecule has 0 saturated carbocycles. The van der Waals surface area contributed by atoms with Crippen LogP contribution in [0.1, 0.15) is 41.0 Å². The number of piperidine rings is 1. The van der Waals surface area contributed by atoms with E-state index in [0.29, 0.717) is 18.7 Å². The number of hydrogen-bond acceptors (Lipinski definition) is 3. The minimum absolute atomic E-state index is 0.00311. The highest BCUT2D eigenvalue weighted by atomic mass is 32.1. The zero-order valence-corrected chi connectivity index (χ0v) is 16.7. The average molecular weight is 393 g/mol. The molecule has 3 aromatic rings. The average Bonchev–Trinajstić information content (AvgIpc) is 3.28. The van der Waals surface area contributed by atoms with Crippen LogP contribution in [0.3, 0.4) is 0 Å². The van der Waals surface area contributed by atoms with E-state index >= 15 is 0 Å². The first-order chi connectivity index (χ1) is 13.6. The van der Waals surface area contributed by atoms with E-state index in [-0.39, 0.29) is 23.8 Å². The number of benzene rings is 2. The predicted molar refractivity (Wildman–Crippen MR) is 113 cm³/mol. The van der Waals surface area contributed by atoms with Crippen LogP contribution in [-0.2, 0) is 4.79 Å². The summed E-state index contributed by atoms with van der Waals surface area (Å²) in [6.45, 7) is 3.18. The third kappa shape index (κ3) is 3.80. The summed E-state index contributed by atoms with van der Waals surface area (Å²) in [4.78, 5) is 28.9. The van der Waals surface area contributed by atoms with Crippen LogP contribution in [0.15, 0.2) is 60.0 Å². The summed E-state index contributed by atoms with van der Waals surface area (Å²) in [6.07, 6.45) is 1.67. The van der Waals surface area contributed by atoms with Crippen molar-refractivity contribution >= 4 is 33.9 Å². The molecule has 2 aromatic carbocycles. The number of carbonyl (C=O) groups excluding carboxylic acids is 2. The van der Waals surface area contributed by atoms with Gasteiger partial charge in [0.1, 0.15) is 0 Å². The lowest BCUT2D eigenvalue weighted by molar-refractivity contribution is -0.127. The minimum Gasteiger partial charge on any atom is -0.348 e. The Morgan fingerprint density at radius 3 is 2.75 bits per heavy atom. The number of nitrogens with one attached hydrogen (secondary N) is 1. The quantitative estimate of drug-likeness (QED) is 0.704. The molecule has 1 aliphatic heterocycles. The van der Waals surface area contributed by atoms with Crippen LogP contribution in [0.25, 0.3) is 10.8 Å². The van der Waals surface area contributed by atoms with Gasteiger partial charge in [0.25, 0.3) is 5.91 Å². The van der Waals surface area contributed by atoms with Gasteiger partial charge in [-0.2, -0.15) is 0 Å². The smallest absolute Gasteiger partial charge is 0.254 e. The van der Waals surface area contributed by atoms with E-state index < -0.39 is 0 Å². The molecule has 2 amide bonds. The summed E-state index contributed by atoms with van der Waals surface area (Å²) in [5.41, 5.74) is 0.714. The second-order valence-electron chi connectivity index (χ2n) is 7.36. The van der Waals surface area contributed by atoms with Gasteiger partial charge in [0, 0.05) is 23.5 Å². The highest BCUT2D eigenvalue weighted by Gasteiger charge is 2.30. The molecule has 2 atom stereocenters. The molecule has 4 rings (SSSR count). The van der Waals surface area contributed by atoms with E-state index in [4.69, 9.17) is 0 Å². The molecule has 0 radical (unpaired) electrons. The van der Waals surface area contributed by atoms with Gasteiger partial charge in [-0.3, -0.25) is 9.59 Å². The van der Waals surface area contributed by atoms with Crippen LogP contribution in [0.5, 0.6) is 0 Å². The number of likely N-dealkylation sites (tertiary alicyclic amines) is 1. The standard InChI is InChI=1S/C23H24N2O2S/c1-16(21-12-6-14-28-21)24-22(26)18-9-5-13-25(15-18)23(27)20-11-4-8-17-7-2-3-10-19(17)20/h2-4,6-8,10-12,14,16,18H,5,9,13,15H2,1H3,(H,24,26). The summed E-state index contributed by atoms with van der Waals surface area (Å²) in [5, 5.41) is 7.16. The Balaban J connectivity index is 1.47. The SMILES string of the molecule is CC(NC(=O)C1CCCN(C(=O)c2cccc3ccccc23)C1)c1cccs1. The van der Waals surface area contributed by atoms with Gasteiger partial charge in [0.2, 0.25) is 5.91 Å². The van der Waals surface area contributed by atoms with Crippen molar-refractivity contribution in [2.75, 3.05) is 13.1 Å². The number of nitrogens with zero attached hydrogens (tertiary/aromatic N) is 1. The molecule has 0 spiro atoms. The molecule has 2 unspecified atom stereocenters. The molecule has 1 N–H and O–H groups in total. The van der Waals surface area contributed by atoms with Crippen LogP contribution >= 0.6 is 11.3 Å². The summed E-state index contributed by atoms with van der Waals surface area (Å²) >= 11 is 1.64. The third-order valence-corrected chi connectivity index (χ3v) is 6.48. The van der Waals surface area contributed by atoms with Crippen LogP contribution in [0.4, 0.5) is 0 Å². The molecule has 1 fully saturated rings. The number of thiophene rings is 1. The first kappa shape index (κ1) is 18.7. The maximum absolute atomic E-state index is 13.2. The molecule has 1 aromatic heterocycles. The van der Waals surface area contributed by atoms with E-state index in [1.165, 1.54) is 0 Å². The first-order valence-corrected chi connectivity index (χ1v) is 10.6. The summed E-state index contributed by atoms with van der Waals surface area (Å²) in [6, 6.07) is 17.8. The lowest BCUT2D eigenvalue weighted by Gasteiger charge is -2.33. The van der Waals surface area contributed by atoms with E-state index in [2.05, 4.69) is 5.32 Å². The largest absolute Gasteiger partial charge is 0.348 e. The molecule has 5 heteroatoms. The Kier molecular flexibility index (Phi) is 5.44. The second kappa shape index (κ2) is 8.15. The van der Waals surface area contributed by atoms with Crippen molar-refractivity contribution in [3.8, 4) is 0 Å². The van der Waals surface area contributed by atoms with Gasteiger partial charge in [-0.25, -0.2) is 0 Å². The number of rotatable bonds is 4. The number of fused-ring (bicyclic) bond motifs is 1. The normalized spacial score (nSPS) is 18.0. The van der Waals surface area contributed by atoms with Crippen LogP contribution in [0.2, 0.25) is 0 Å². The van der Waals surface area contributed by atoms with Gasteiger partial charge in [0.15, 0.2) is 0 Å². The van der Waals surface area contributed by atoms with Crippen molar-refractivity contribution in [3.63, 3.8) is 0 Å².